The lowest BCUT2D eigenvalue weighted by atomic mass is 10.0. The molecule has 572 valence electrons. The highest BCUT2D eigenvalue weighted by Gasteiger charge is 2.30. The Kier molecular flexibility index (Phi) is 69.7. The minimum absolute atomic E-state index is 0.0810. The van der Waals surface area contributed by atoms with Gasteiger partial charge in [-0.3, -0.25) is 37.3 Å². The van der Waals surface area contributed by atoms with E-state index < -0.39 is 97.5 Å². The molecular weight excluding hydrogens is 1280 g/mol. The first-order valence-corrected chi connectivity index (χ1v) is 42.5. The van der Waals surface area contributed by atoms with Gasteiger partial charge in [0.05, 0.1) is 26.4 Å². The number of phosphoric acid groups is 2. The fourth-order valence-electron chi connectivity index (χ4n) is 10.9. The lowest BCUT2D eigenvalue weighted by Crippen LogP contribution is -2.30. The van der Waals surface area contributed by atoms with E-state index in [0.29, 0.717) is 25.7 Å². The fraction of sp³-hybridized carbons (Fsp3) is 0.823. The molecule has 0 fully saturated rings. The molecule has 0 aliphatic heterocycles. The summed E-state index contributed by atoms with van der Waals surface area (Å²) in [6.07, 6.45) is 70.5. The first-order valence-electron chi connectivity index (χ1n) is 39.5. The van der Waals surface area contributed by atoms with E-state index in [1.165, 1.54) is 135 Å². The third kappa shape index (κ3) is 71.2. The fourth-order valence-corrected chi connectivity index (χ4v) is 12.5. The molecule has 0 aromatic rings. The summed E-state index contributed by atoms with van der Waals surface area (Å²) in [6, 6.07) is 0. The van der Waals surface area contributed by atoms with Crippen molar-refractivity contribution >= 4 is 39.5 Å². The molecule has 0 amide bonds. The Bertz CT molecular complexity index is 2100. The molecule has 0 aromatic heterocycles. The summed E-state index contributed by atoms with van der Waals surface area (Å²) < 4.78 is 68.5. The van der Waals surface area contributed by atoms with Gasteiger partial charge in [-0.25, -0.2) is 9.13 Å². The molecule has 0 saturated carbocycles. The van der Waals surface area contributed by atoms with Gasteiger partial charge >= 0.3 is 39.5 Å². The maximum Gasteiger partial charge on any atom is 0.472 e. The van der Waals surface area contributed by atoms with E-state index >= 15 is 0 Å². The van der Waals surface area contributed by atoms with Gasteiger partial charge in [0.1, 0.15) is 19.3 Å². The second-order valence-corrected chi connectivity index (χ2v) is 29.6. The number of hydrogen-bond donors (Lipinski definition) is 3. The van der Waals surface area contributed by atoms with Gasteiger partial charge in [-0.1, -0.05) is 288 Å². The van der Waals surface area contributed by atoms with E-state index in [9.17, 15) is 43.2 Å². The van der Waals surface area contributed by atoms with Crippen LogP contribution >= 0.6 is 15.6 Å². The van der Waals surface area contributed by atoms with Crippen molar-refractivity contribution in [2.24, 2.45) is 0 Å². The smallest absolute Gasteiger partial charge is 0.462 e. The van der Waals surface area contributed by atoms with Gasteiger partial charge in [-0.05, 0) is 109 Å². The van der Waals surface area contributed by atoms with Crippen LogP contribution in [0.15, 0.2) is 60.8 Å². The van der Waals surface area contributed by atoms with E-state index in [1.54, 1.807) is 0 Å². The van der Waals surface area contributed by atoms with Crippen molar-refractivity contribution in [3.05, 3.63) is 60.8 Å². The molecule has 0 aliphatic rings. The minimum Gasteiger partial charge on any atom is -0.462 e. The molecular formula is C79H144O17P2. The summed E-state index contributed by atoms with van der Waals surface area (Å²) in [6.45, 7) is 4.84. The molecule has 19 heteroatoms. The molecule has 0 aliphatic carbocycles. The number of ether oxygens (including phenoxy) is 4. The molecule has 0 saturated heterocycles. The Hall–Kier alpha value is -3.24. The number of carbonyl (C=O) groups is 4. The molecule has 98 heavy (non-hydrogen) atoms. The Morgan fingerprint density at radius 2 is 0.531 bits per heavy atom. The lowest BCUT2D eigenvalue weighted by molar-refractivity contribution is -0.161. The first kappa shape index (κ1) is 94.8. The minimum atomic E-state index is -4.97. The topological polar surface area (TPSA) is 237 Å². The predicted octanol–water partition coefficient (Wildman–Crippen LogP) is 22.7. The summed E-state index contributed by atoms with van der Waals surface area (Å²) >= 11 is 0. The average Bonchev–Trinajstić information content (AvgIpc) is 0.984. The van der Waals surface area contributed by atoms with Gasteiger partial charge in [-0.15, -0.1) is 0 Å². The summed E-state index contributed by atoms with van der Waals surface area (Å²) in [5.74, 6) is -2.18. The largest absolute Gasteiger partial charge is 0.472 e. The molecule has 2 unspecified atom stereocenters. The highest BCUT2D eigenvalue weighted by molar-refractivity contribution is 7.47. The molecule has 17 nitrogen and oxygen atoms in total. The highest BCUT2D eigenvalue weighted by Crippen LogP contribution is 2.45. The highest BCUT2D eigenvalue weighted by atomic mass is 31.2. The summed E-state index contributed by atoms with van der Waals surface area (Å²) in [5.41, 5.74) is 0. The van der Waals surface area contributed by atoms with Crippen LogP contribution in [0.3, 0.4) is 0 Å². The second-order valence-electron chi connectivity index (χ2n) is 26.7. The van der Waals surface area contributed by atoms with Crippen LogP contribution in [0.25, 0.3) is 0 Å². The van der Waals surface area contributed by atoms with Crippen molar-refractivity contribution in [3.63, 3.8) is 0 Å². The Morgan fingerprint density at radius 1 is 0.296 bits per heavy atom. The molecule has 5 atom stereocenters. The molecule has 0 spiro atoms. The summed E-state index contributed by atoms with van der Waals surface area (Å²) in [5, 5.41) is 10.6. The van der Waals surface area contributed by atoms with Crippen molar-refractivity contribution in [2.45, 2.75) is 380 Å². The zero-order valence-corrected chi connectivity index (χ0v) is 64.3. The predicted molar refractivity (Wildman–Crippen MR) is 400 cm³/mol. The number of aliphatic hydroxyl groups is 1. The van der Waals surface area contributed by atoms with Crippen LogP contribution < -0.4 is 0 Å². The number of rotatable bonds is 75. The summed E-state index contributed by atoms with van der Waals surface area (Å²) in [4.78, 5) is 72.9. The Balaban J connectivity index is 5.34. The van der Waals surface area contributed by atoms with Crippen LogP contribution in [-0.4, -0.2) is 96.7 Å². The molecule has 0 bridgehead atoms. The van der Waals surface area contributed by atoms with Crippen LogP contribution in [0, 0.1) is 0 Å². The zero-order valence-electron chi connectivity index (χ0n) is 62.5. The van der Waals surface area contributed by atoms with Crippen LogP contribution in [0.2, 0.25) is 0 Å². The monoisotopic (exact) mass is 1430 g/mol. The van der Waals surface area contributed by atoms with E-state index in [2.05, 4.69) is 88.5 Å². The molecule has 0 aromatic carbocycles. The normalized spacial score (nSPS) is 14.2. The van der Waals surface area contributed by atoms with E-state index in [0.717, 1.165) is 148 Å². The quantitative estimate of drug-likeness (QED) is 0.0128. The van der Waals surface area contributed by atoms with Gasteiger partial charge in [0.2, 0.25) is 0 Å². The standard InChI is InChI=1S/C79H144O17P2/c1-5-9-13-17-21-25-29-33-36-40-43-47-51-55-59-63-76(81)89-69-74(95-78(83)65-61-57-53-49-45-39-32-28-24-20-16-12-8-4)71-93-97(85,86)91-67-73(80)68-92-98(87,88)94-72-75(96-79(84)66-62-58-54-50-46-42-38-35-31-27-23-19-15-11-7-3)70-90-77(82)64-60-56-52-48-44-41-37-34-30-26-22-18-14-10-6-2/h23,25,27,29,33-38,73-75,80H,5-22,24,26,28,30-32,39-72H2,1-4H3,(H,85,86)(H,87,88)/b27-23-,29-25-,36-33-,37-34-,38-35-/t73-,74-,75-/m1/s1. The van der Waals surface area contributed by atoms with Gasteiger partial charge in [-0.2, -0.15) is 0 Å². The second kappa shape index (κ2) is 72.1. The Morgan fingerprint density at radius 3 is 0.857 bits per heavy atom. The third-order valence-corrected chi connectivity index (χ3v) is 18.9. The van der Waals surface area contributed by atoms with Crippen molar-refractivity contribution in [2.75, 3.05) is 39.6 Å². The average molecular weight is 1430 g/mol. The van der Waals surface area contributed by atoms with Crippen molar-refractivity contribution in [3.8, 4) is 0 Å². The number of allylic oxidation sites excluding steroid dienone is 10. The Labute approximate surface area is 597 Å². The van der Waals surface area contributed by atoms with Crippen LogP contribution in [0.1, 0.15) is 362 Å². The number of carbonyl (C=O) groups excluding carboxylic acids is 4. The number of unbranched alkanes of at least 4 members (excludes halogenated alkanes) is 40. The van der Waals surface area contributed by atoms with Crippen molar-refractivity contribution in [1.82, 2.24) is 0 Å². The van der Waals surface area contributed by atoms with E-state index in [1.807, 2.05) is 0 Å². The van der Waals surface area contributed by atoms with Gasteiger partial charge in [0, 0.05) is 25.7 Å². The number of phosphoric ester groups is 2. The van der Waals surface area contributed by atoms with Crippen molar-refractivity contribution < 1.29 is 80.2 Å². The SMILES string of the molecule is CCCCC/C=C\C/C=C\CCCCCCCC(=O)O[C@H](COC(=O)CCCCCCC/C=C\CCCCCCCC)COP(=O)(O)OC[C@H](O)COP(=O)(O)OC[C@@H](COC(=O)CCCCCCC/C=C\C=C/CCCCCC)OC(=O)CCCCCCCCCCCCCCC. The van der Waals surface area contributed by atoms with Crippen molar-refractivity contribution in [1.29, 1.82) is 0 Å². The van der Waals surface area contributed by atoms with Gasteiger partial charge < -0.3 is 33.8 Å². The van der Waals surface area contributed by atoms with Gasteiger partial charge in [0.25, 0.3) is 0 Å². The first-order chi connectivity index (χ1) is 47.7. The number of aliphatic hydroxyl groups excluding tert-OH is 1. The maximum atomic E-state index is 13.1. The van der Waals surface area contributed by atoms with E-state index in [-0.39, 0.29) is 25.7 Å². The molecule has 0 radical (unpaired) electrons. The molecule has 0 heterocycles. The maximum absolute atomic E-state index is 13.1. The number of hydrogen-bond acceptors (Lipinski definition) is 15. The van der Waals surface area contributed by atoms with Gasteiger partial charge in [0.15, 0.2) is 12.2 Å². The van der Waals surface area contributed by atoms with Crippen LogP contribution in [0.4, 0.5) is 0 Å². The van der Waals surface area contributed by atoms with Crippen LogP contribution in [0.5, 0.6) is 0 Å². The van der Waals surface area contributed by atoms with E-state index in [4.69, 9.17) is 37.0 Å². The third-order valence-electron chi connectivity index (χ3n) is 17.0. The zero-order chi connectivity index (χ0) is 71.8. The van der Waals surface area contributed by atoms with Crippen LogP contribution in [-0.2, 0) is 65.4 Å². The molecule has 0 rings (SSSR count). The summed E-state index contributed by atoms with van der Waals surface area (Å²) in [7, 11) is -9.94. The number of esters is 4. The lowest BCUT2D eigenvalue weighted by Gasteiger charge is -2.21. The molecule has 3 N–H and O–H groups in total.